The van der Waals surface area contributed by atoms with Crippen LogP contribution in [0.1, 0.15) is 80.1 Å². The van der Waals surface area contributed by atoms with Gasteiger partial charge in [0.2, 0.25) is 0 Å². The molecule has 2 unspecified atom stereocenters. The molecule has 2 bridgehead atoms. The number of methoxy groups -OCH3 is 1. The fraction of sp³-hybridized carbons (Fsp3) is 0.571. The molecule has 2 atom stereocenters. The molecule has 15 nitrogen and oxygen atoms in total. The Morgan fingerprint density at radius 3 is 2.25 bits per heavy atom. The second kappa shape index (κ2) is 19.2. The van der Waals surface area contributed by atoms with Crippen LogP contribution in [-0.2, 0) is 19.0 Å². The van der Waals surface area contributed by atoms with Crippen LogP contribution >= 0.6 is 22.9 Å². The zero-order chi connectivity index (χ0) is 44.2. The number of carbonyl (C=O) groups is 3. The molecule has 0 radical (unpaired) electrons. The highest BCUT2D eigenvalue weighted by Gasteiger charge is 2.45. The number of aromatic nitrogens is 3. The molecule has 61 heavy (non-hydrogen) atoms. The van der Waals surface area contributed by atoms with Crippen molar-refractivity contribution < 1.29 is 47.2 Å². The number of benzene rings is 2. The summed E-state index contributed by atoms with van der Waals surface area (Å²) in [6.07, 6.45) is 4.23. The first-order chi connectivity index (χ1) is 28.8. The lowest BCUT2D eigenvalue weighted by atomic mass is 10.0. The van der Waals surface area contributed by atoms with E-state index < -0.39 is 34.9 Å². The van der Waals surface area contributed by atoms with Crippen LogP contribution in [-0.4, -0.2) is 124 Å². The summed E-state index contributed by atoms with van der Waals surface area (Å²) < 4.78 is 53.3. The number of likely N-dealkylation sites (tertiary alicyclic amines) is 1. The number of carboxylic acid groups (broad SMARTS) is 1. The van der Waals surface area contributed by atoms with Gasteiger partial charge in [-0.05, 0) is 105 Å². The Morgan fingerprint density at radius 2 is 1.62 bits per heavy atom. The van der Waals surface area contributed by atoms with E-state index in [0.29, 0.717) is 37.5 Å². The second-order valence-electron chi connectivity index (χ2n) is 17.2. The SMILES string of the molecule is COc1nc(N2CC3CCC(C2)N3C(=O)OC(C)(C)C)c2cc(Cl)c(-c3ccc(F)c4sc(NC(=O)OC(C)(C)C)nc34)c(F)c2n1.O=C(O)CCOCCCN1CCCC1. The number of fused-ring (bicyclic) bond motifs is 4. The average molecular weight is 890 g/mol. The number of carbonyl (C=O) groups excluding carboxylic acids is 2. The van der Waals surface area contributed by atoms with Gasteiger partial charge in [0.25, 0.3) is 0 Å². The number of piperazine rings is 1. The Labute approximate surface area is 362 Å². The molecule has 3 aliphatic heterocycles. The van der Waals surface area contributed by atoms with Gasteiger partial charge in [0.15, 0.2) is 10.9 Å². The predicted molar refractivity (Wildman–Crippen MR) is 230 cm³/mol. The predicted octanol–water partition coefficient (Wildman–Crippen LogP) is 8.75. The zero-order valence-electron chi connectivity index (χ0n) is 35.6. The van der Waals surface area contributed by atoms with Crippen molar-refractivity contribution in [1.82, 2.24) is 24.8 Å². The molecule has 19 heteroatoms. The van der Waals surface area contributed by atoms with Crippen LogP contribution in [0, 0.1) is 11.6 Å². The van der Waals surface area contributed by atoms with Crippen LogP contribution in [0.4, 0.5) is 29.3 Å². The van der Waals surface area contributed by atoms with Gasteiger partial charge in [-0.25, -0.2) is 23.4 Å². The first-order valence-corrected chi connectivity index (χ1v) is 21.6. The highest BCUT2D eigenvalue weighted by atomic mass is 35.5. The monoisotopic (exact) mass is 889 g/mol. The van der Waals surface area contributed by atoms with Crippen LogP contribution in [0.3, 0.4) is 0 Å². The maximum absolute atomic E-state index is 16.7. The zero-order valence-corrected chi connectivity index (χ0v) is 37.2. The largest absolute Gasteiger partial charge is 0.481 e. The van der Waals surface area contributed by atoms with E-state index in [0.717, 1.165) is 37.1 Å². The lowest BCUT2D eigenvalue weighted by Crippen LogP contribution is -2.57. The molecule has 0 spiro atoms. The summed E-state index contributed by atoms with van der Waals surface area (Å²) in [7, 11) is 1.39. The first kappa shape index (κ1) is 45.9. The fourth-order valence-corrected chi connectivity index (χ4v) is 8.88. The number of anilines is 2. The summed E-state index contributed by atoms with van der Waals surface area (Å²) in [4.78, 5) is 55.1. The van der Waals surface area contributed by atoms with Crippen molar-refractivity contribution in [2.45, 2.75) is 103 Å². The van der Waals surface area contributed by atoms with E-state index in [4.69, 9.17) is 35.7 Å². The summed E-state index contributed by atoms with van der Waals surface area (Å²) in [6, 6.07) is 3.85. The molecule has 2 aromatic carbocycles. The Bertz CT molecular complexity index is 2230. The van der Waals surface area contributed by atoms with Gasteiger partial charge in [0.05, 0.1) is 47.5 Å². The van der Waals surface area contributed by atoms with Gasteiger partial charge >= 0.3 is 24.2 Å². The Hall–Kier alpha value is -4.65. The number of hydrogen-bond acceptors (Lipinski definition) is 13. The maximum Gasteiger partial charge on any atom is 0.413 e. The topological polar surface area (TPSA) is 169 Å². The smallest absolute Gasteiger partial charge is 0.413 e. The highest BCUT2D eigenvalue weighted by molar-refractivity contribution is 7.22. The summed E-state index contributed by atoms with van der Waals surface area (Å²) >= 11 is 7.69. The summed E-state index contributed by atoms with van der Waals surface area (Å²) in [6.45, 7) is 16.1. The number of halogens is 3. The van der Waals surface area contributed by atoms with E-state index in [1.807, 2.05) is 25.7 Å². The summed E-state index contributed by atoms with van der Waals surface area (Å²) in [5.41, 5.74) is -1.15. The van der Waals surface area contributed by atoms with Crippen molar-refractivity contribution >= 4 is 73.2 Å². The molecule has 332 valence electrons. The minimum Gasteiger partial charge on any atom is -0.481 e. The van der Waals surface area contributed by atoms with E-state index in [9.17, 15) is 18.8 Å². The minimum atomic E-state index is -0.787. The quantitative estimate of drug-likeness (QED) is 0.137. The number of aliphatic carboxylic acids is 1. The van der Waals surface area contributed by atoms with Crippen LogP contribution < -0.4 is 15.0 Å². The molecule has 4 aromatic rings. The number of amides is 2. The van der Waals surface area contributed by atoms with Crippen LogP contribution in [0.15, 0.2) is 18.2 Å². The first-order valence-electron chi connectivity index (χ1n) is 20.4. The molecule has 2 amide bonds. The van der Waals surface area contributed by atoms with Gasteiger partial charge in [-0.1, -0.05) is 22.9 Å². The molecule has 7 rings (SSSR count). The minimum absolute atomic E-state index is 0.0305. The third-order valence-corrected chi connectivity index (χ3v) is 11.5. The number of rotatable bonds is 11. The molecule has 0 aliphatic carbocycles. The third-order valence-electron chi connectivity index (χ3n) is 10.2. The Morgan fingerprint density at radius 1 is 0.951 bits per heavy atom. The van der Waals surface area contributed by atoms with E-state index >= 15 is 4.39 Å². The fourth-order valence-electron chi connectivity index (χ4n) is 7.71. The standard InChI is InChI=1S/C32H35ClF2N6O5S.C10H19NO3/c1-31(2,3)45-29(42)39-28-37-24-17(10-11-20(34)25(24)47-28)21-19(33)12-18-23(22(21)35)36-27(44-7)38-26(18)40-13-15-8-9-16(14-40)41(15)30(43)46-32(4,5)6;12-10(13)4-9-14-8-3-7-11-5-1-2-6-11/h10-12,15-16H,8-9,13-14H2,1-7H3,(H,37,39,42);1-9H2,(H,12,13). The number of hydrogen-bond donors (Lipinski definition) is 2. The van der Waals surface area contributed by atoms with E-state index in [-0.39, 0.29) is 67.6 Å². The van der Waals surface area contributed by atoms with Gasteiger partial charge in [-0.3, -0.25) is 15.0 Å². The second-order valence-corrected chi connectivity index (χ2v) is 18.6. The normalized spacial score (nSPS) is 18.0. The van der Waals surface area contributed by atoms with Crippen molar-refractivity contribution in [3.05, 3.63) is 34.9 Å². The number of nitrogens with one attached hydrogen (secondary N) is 1. The molecule has 2 aromatic heterocycles. The average Bonchev–Trinajstić information content (AvgIpc) is 3.91. The molecular formula is C42H54ClF2N7O8S. The van der Waals surface area contributed by atoms with Crippen molar-refractivity contribution in [2.24, 2.45) is 0 Å². The maximum atomic E-state index is 16.7. The van der Waals surface area contributed by atoms with E-state index in [2.05, 4.69) is 25.2 Å². The van der Waals surface area contributed by atoms with Crippen LogP contribution in [0.25, 0.3) is 32.2 Å². The molecule has 5 heterocycles. The molecule has 3 fully saturated rings. The lowest BCUT2D eigenvalue weighted by molar-refractivity contribution is -0.138. The summed E-state index contributed by atoms with van der Waals surface area (Å²) in [5.74, 6) is -1.74. The lowest BCUT2D eigenvalue weighted by Gasteiger charge is -2.42. The highest BCUT2D eigenvalue weighted by Crippen LogP contribution is 2.44. The number of ether oxygens (including phenoxy) is 4. The van der Waals surface area contributed by atoms with Gasteiger partial charge in [-0.15, -0.1) is 0 Å². The van der Waals surface area contributed by atoms with Gasteiger partial charge in [0, 0.05) is 42.8 Å². The van der Waals surface area contributed by atoms with Gasteiger partial charge < -0.3 is 33.9 Å². The van der Waals surface area contributed by atoms with E-state index in [1.165, 1.54) is 45.2 Å². The number of nitrogens with zero attached hydrogens (tertiary/aromatic N) is 6. The van der Waals surface area contributed by atoms with Crippen molar-refractivity contribution in [1.29, 1.82) is 0 Å². The van der Waals surface area contributed by atoms with Crippen molar-refractivity contribution in [3.63, 3.8) is 0 Å². The number of carboxylic acids is 1. The molecule has 3 aliphatic rings. The Balaban J connectivity index is 0.000000378. The van der Waals surface area contributed by atoms with Crippen LogP contribution in [0.5, 0.6) is 6.01 Å². The summed E-state index contributed by atoms with van der Waals surface area (Å²) in [5, 5.41) is 11.3. The van der Waals surface area contributed by atoms with E-state index in [1.54, 1.807) is 31.7 Å². The Kier molecular flexibility index (Phi) is 14.4. The third kappa shape index (κ3) is 11.4. The van der Waals surface area contributed by atoms with Crippen molar-refractivity contribution in [2.75, 3.05) is 63.3 Å². The molecule has 0 saturated carbocycles. The molecule has 3 saturated heterocycles. The molecular weight excluding hydrogens is 836 g/mol. The van der Waals surface area contributed by atoms with Gasteiger partial charge in [-0.2, -0.15) is 9.97 Å². The van der Waals surface area contributed by atoms with Crippen molar-refractivity contribution in [3.8, 4) is 17.1 Å². The molecule has 2 N–H and O–H groups in total. The number of thiazole rings is 1. The van der Waals surface area contributed by atoms with Gasteiger partial charge in [0.1, 0.15) is 28.4 Å². The van der Waals surface area contributed by atoms with Crippen LogP contribution in [0.2, 0.25) is 5.02 Å².